The SMILES string of the molecule is Cc1cc(Sc2ccc([C@@H](C)O)nc2)n(C)n1. The molecule has 1 atom stereocenters. The van der Waals surface area contributed by atoms with Crippen LogP contribution in [-0.2, 0) is 7.05 Å². The van der Waals surface area contributed by atoms with Crippen LogP contribution < -0.4 is 0 Å². The number of hydrogen-bond acceptors (Lipinski definition) is 4. The van der Waals surface area contributed by atoms with E-state index in [1.165, 1.54) is 0 Å². The van der Waals surface area contributed by atoms with Crippen molar-refractivity contribution in [3.8, 4) is 0 Å². The van der Waals surface area contributed by atoms with E-state index in [-0.39, 0.29) is 0 Å². The number of aromatic nitrogens is 3. The maximum absolute atomic E-state index is 9.37. The Morgan fingerprint density at radius 1 is 1.41 bits per heavy atom. The third-order valence-corrected chi connectivity index (χ3v) is 3.44. The lowest BCUT2D eigenvalue weighted by molar-refractivity contribution is 0.194. The van der Waals surface area contributed by atoms with Crippen LogP contribution in [-0.4, -0.2) is 19.9 Å². The zero-order chi connectivity index (χ0) is 12.4. The summed E-state index contributed by atoms with van der Waals surface area (Å²) in [5.41, 5.74) is 1.69. The topological polar surface area (TPSA) is 50.9 Å². The van der Waals surface area contributed by atoms with Crippen molar-refractivity contribution < 1.29 is 5.11 Å². The number of pyridine rings is 1. The highest BCUT2D eigenvalue weighted by Crippen LogP contribution is 2.27. The maximum atomic E-state index is 9.37. The molecule has 0 aliphatic carbocycles. The van der Waals surface area contributed by atoms with Crippen molar-refractivity contribution in [3.05, 3.63) is 35.8 Å². The predicted molar refractivity (Wildman–Crippen MR) is 66.9 cm³/mol. The summed E-state index contributed by atoms with van der Waals surface area (Å²) in [6, 6.07) is 5.84. The van der Waals surface area contributed by atoms with Crippen LogP contribution in [0.15, 0.2) is 34.3 Å². The van der Waals surface area contributed by atoms with Crippen LogP contribution in [0.4, 0.5) is 0 Å². The Morgan fingerprint density at radius 3 is 2.65 bits per heavy atom. The average Bonchev–Trinajstić information content (AvgIpc) is 2.58. The van der Waals surface area contributed by atoms with E-state index in [9.17, 15) is 5.11 Å². The molecule has 2 rings (SSSR count). The predicted octanol–water partition coefficient (Wildman–Crippen LogP) is 2.33. The van der Waals surface area contributed by atoms with Gasteiger partial charge in [0.15, 0.2) is 0 Å². The molecule has 5 heteroatoms. The van der Waals surface area contributed by atoms with Crippen molar-refractivity contribution in [3.63, 3.8) is 0 Å². The molecule has 0 spiro atoms. The van der Waals surface area contributed by atoms with E-state index in [2.05, 4.69) is 10.1 Å². The summed E-state index contributed by atoms with van der Waals surface area (Å²) in [6.45, 7) is 3.68. The normalized spacial score (nSPS) is 12.7. The minimum atomic E-state index is -0.520. The number of nitrogens with zero attached hydrogens (tertiary/aromatic N) is 3. The average molecular weight is 249 g/mol. The lowest BCUT2D eigenvalue weighted by Crippen LogP contribution is -1.95. The maximum Gasteiger partial charge on any atom is 0.0987 e. The van der Waals surface area contributed by atoms with E-state index in [4.69, 9.17) is 0 Å². The molecule has 0 fully saturated rings. The molecule has 0 bridgehead atoms. The third-order valence-electron chi connectivity index (χ3n) is 2.37. The monoisotopic (exact) mass is 249 g/mol. The zero-order valence-corrected chi connectivity index (χ0v) is 10.9. The van der Waals surface area contributed by atoms with Gasteiger partial charge in [-0.25, -0.2) is 0 Å². The number of aryl methyl sites for hydroxylation is 2. The van der Waals surface area contributed by atoms with Gasteiger partial charge >= 0.3 is 0 Å². The first-order valence-electron chi connectivity index (χ1n) is 5.39. The van der Waals surface area contributed by atoms with Gasteiger partial charge in [-0.1, -0.05) is 11.8 Å². The van der Waals surface area contributed by atoms with Gasteiger partial charge in [-0.2, -0.15) is 5.10 Å². The number of aliphatic hydroxyl groups excluding tert-OH is 1. The molecule has 2 aromatic rings. The van der Waals surface area contributed by atoms with E-state index < -0.39 is 6.10 Å². The van der Waals surface area contributed by atoms with Gasteiger partial charge in [0.05, 0.1) is 22.5 Å². The first-order valence-corrected chi connectivity index (χ1v) is 6.20. The van der Waals surface area contributed by atoms with Gasteiger partial charge in [0, 0.05) is 18.1 Å². The molecule has 0 saturated heterocycles. The molecular weight excluding hydrogens is 234 g/mol. The second-order valence-electron chi connectivity index (χ2n) is 3.94. The van der Waals surface area contributed by atoms with Gasteiger partial charge in [0.1, 0.15) is 0 Å². The van der Waals surface area contributed by atoms with Gasteiger partial charge in [-0.15, -0.1) is 0 Å². The summed E-state index contributed by atoms with van der Waals surface area (Å²) in [7, 11) is 1.92. The fraction of sp³-hybridized carbons (Fsp3) is 0.333. The van der Waals surface area contributed by atoms with E-state index >= 15 is 0 Å². The van der Waals surface area contributed by atoms with Crippen LogP contribution in [0.5, 0.6) is 0 Å². The van der Waals surface area contributed by atoms with E-state index in [0.717, 1.165) is 15.6 Å². The molecule has 4 nitrogen and oxygen atoms in total. The van der Waals surface area contributed by atoms with Crippen LogP contribution in [0.1, 0.15) is 24.4 Å². The molecule has 1 N–H and O–H groups in total. The van der Waals surface area contributed by atoms with Crippen LogP contribution in [0.25, 0.3) is 0 Å². The standard InChI is InChI=1S/C12H15N3OS/c1-8-6-12(15(3)14-8)17-10-4-5-11(9(2)16)13-7-10/h4-7,9,16H,1-3H3/t9-/m1/s1. The summed E-state index contributed by atoms with van der Waals surface area (Å²) in [4.78, 5) is 5.25. The highest BCUT2D eigenvalue weighted by Gasteiger charge is 2.06. The Labute approximate surface area is 105 Å². The van der Waals surface area contributed by atoms with Crippen LogP contribution in [0, 0.1) is 6.92 Å². The van der Waals surface area contributed by atoms with E-state index in [1.54, 1.807) is 24.9 Å². The Morgan fingerprint density at radius 2 is 2.18 bits per heavy atom. The summed E-state index contributed by atoms with van der Waals surface area (Å²) in [6.07, 6.45) is 1.25. The molecule has 0 unspecified atom stereocenters. The van der Waals surface area contributed by atoms with Gasteiger partial charge < -0.3 is 5.11 Å². The lowest BCUT2D eigenvalue weighted by atomic mass is 10.2. The summed E-state index contributed by atoms with van der Waals surface area (Å²) in [5.74, 6) is 0. The van der Waals surface area contributed by atoms with E-state index in [0.29, 0.717) is 5.69 Å². The Balaban J connectivity index is 2.16. The molecular formula is C12H15N3OS. The Hall–Kier alpha value is -1.33. The molecule has 0 amide bonds. The lowest BCUT2D eigenvalue weighted by Gasteiger charge is -2.05. The van der Waals surface area contributed by atoms with Crippen LogP contribution in [0.2, 0.25) is 0 Å². The molecule has 0 aromatic carbocycles. The Kier molecular flexibility index (Phi) is 3.49. The molecule has 0 radical (unpaired) electrons. The van der Waals surface area contributed by atoms with Crippen molar-refractivity contribution in [1.82, 2.24) is 14.8 Å². The van der Waals surface area contributed by atoms with Crippen molar-refractivity contribution in [1.29, 1.82) is 0 Å². The molecule has 2 aromatic heterocycles. The largest absolute Gasteiger partial charge is 0.387 e. The molecule has 0 aliphatic rings. The molecule has 0 saturated carbocycles. The minimum Gasteiger partial charge on any atom is -0.387 e. The van der Waals surface area contributed by atoms with Gasteiger partial charge in [0.25, 0.3) is 0 Å². The number of aliphatic hydroxyl groups is 1. The van der Waals surface area contributed by atoms with Crippen LogP contribution in [0.3, 0.4) is 0 Å². The highest BCUT2D eigenvalue weighted by atomic mass is 32.2. The zero-order valence-electron chi connectivity index (χ0n) is 10.1. The fourth-order valence-corrected chi connectivity index (χ4v) is 2.39. The van der Waals surface area contributed by atoms with Crippen molar-refractivity contribution in [2.45, 2.75) is 29.9 Å². The Bertz CT molecular complexity index is 505. The minimum absolute atomic E-state index is 0.520. The number of hydrogen-bond donors (Lipinski definition) is 1. The van der Waals surface area contributed by atoms with Crippen LogP contribution >= 0.6 is 11.8 Å². The van der Waals surface area contributed by atoms with Gasteiger partial charge in [-0.05, 0) is 32.0 Å². The van der Waals surface area contributed by atoms with Gasteiger partial charge in [0.2, 0.25) is 0 Å². The van der Waals surface area contributed by atoms with Crippen molar-refractivity contribution in [2.75, 3.05) is 0 Å². The quantitative estimate of drug-likeness (QED) is 0.907. The third kappa shape index (κ3) is 2.87. The van der Waals surface area contributed by atoms with Gasteiger partial charge in [-0.3, -0.25) is 9.67 Å². The van der Waals surface area contributed by atoms with Crippen molar-refractivity contribution in [2.24, 2.45) is 7.05 Å². The fourth-order valence-electron chi connectivity index (χ4n) is 1.50. The number of rotatable bonds is 3. The first-order chi connectivity index (χ1) is 8.06. The molecule has 2 heterocycles. The van der Waals surface area contributed by atoms with E-state index in [1.807, 2.05) is 36.9 Å². The summed E-state index contributed by atoms with van der Waals surface area (Å²) >= 11 is 1.61. The first kappa shape index (κ1) is 12.1. The molecule has 17 heavy (non-hydrogen) atoms. The molecule has 0 aliphatic heterocycles. The smallest absolute Gasteiger partial charge is 0.0987 e. The summed E-state index contributed by atoms with van der Waals surface area (Å²) < 4.78 is 1.85. The second kappa shape index (κ2) is 4.89. The van der Waals surface area contributed by atoms with Crippen molar-refractivity contribution >= 4 is 11.8 Å². The second-order valence-corrected chi connectivity index (χ2v) is 5.04. The summed E-state index contributed by atoms with van der Waals surface area (Å²) in [5, 5.41) is 14.7. The highest BCUT2D eigenvalue weighted by molar-refractivity contribution is 7.99. The molecule has 90 valence electrons.